The molecule has 2 aromatic carbocycles. The van der Waals surface area contributed by atoms with E-state index >= 15 is 0 Å². The highest BCUT2D eigenvalue weighted by atomic mass is 32.2. The van der Waals surface area contributed by atoms with Crippen molar-refractivity contribution in [3.8, 4) is 11.1 Å². The van der Waals surface area contributed by atoms with Gasteiger partial charge in [0.1, 0.15) is 0 Å². The number of rotatable bonds is 5. The third-order valence-corrected chi connectivity index (χ3v) is 6.15. The third kappa shape index (κ3) is 3.10. The number of fused-ring (bicyclic) bond motifs is 3. The minimum atomic E-state index is -3.65. The molecule has 27 heavy (non-hydrogen) atoms. The van der Waals surface area contributed by atoms with Crippen LogP contribution >= 0.6 is 0 Å². The number of nitrogens with one attached hydrogen (secondary N) is 1. The Hall–Kier alpha value is -2.74. The second-order valence-corrected chi connectivity index (χ2v) is 8.10. The monoisotopic (exact) mass is 381 g/mol. The molecule has 2 N–H and O–H groups in total. The molecule has 138 valence electrons. The highest BCUT2D eigenvalue weighted by Crippen LogP contribution is 2.32. The van der Waals surface area contributed by atoms with E-state index in [1.165, 1.54) is 0 Å². The largest absolute Gasteiger partial charge is 0.395 e. The number of aromatic nitrogens is 2. The molecule has 7 heteroatoms. The van der Waals surface area contributed by atoms with Gasteiger partial charge < -0.3 is 9.67 Å². The van der Waals surface area contributed by atoms with E-state index in [-0.39, 0.29) is 18.0 Å². The van der Waals surface area contributed by atoms with Crippen LogP contribution in [0, 0.1) is 0 Å². The van der Waals surface area contributed by atoms with Gasteiger partial charge in [-0.1, -0.05) is 18.2 Å². The van der Waals surface area contributed by atoms with Gasteiger partial charge in [-0.25, -0.2) is 13.1 Å². The van der Waals surface area contributed by atoms with Gasteiger partial charge in [-0.2, -0.15) is 0 Å². The van der Waals surface area contributed by atoms with Crippen molar-refractivity contribution in [2.45, 2.75) is 4.90 Å². The Balaban J connectivity index is 1.83. The quantitative estimate of drug-likeness (QED) is 0.557. The zero-order chi connectivity index (χ0) is 19.0. The van der Waals surface area contributed by atoms with Crippen LogP contribution < -0.4 is 4.72 Å². The van der Waals surface area contributed by atoms with E-state index in [0.29, 0.717) is 0 Å². The van der Waals surface area contributed by atoms with E-state index in [2.05, 4.69) is 20.3 Å². The van der Waals surface area contributed by atoms with Crippen molar-refractivity contribution in [3.05, 3.63) is 60.9 Å². The predicted octanol–water partition coefficient (Wildman–Crippen LogP) is 2.66. The number of hydrogen-bond donors (Lipinski definition) is 2. The molecule has 0 saturated carbocycles. The molecule has 0 bridgehead atoms. The fourth-order valence-electron chi connectivity index (χ4n) is 3.34. The molecule has 0 aliphatic heterocycles. The van der Waals surface area contributed by atoms with Crippen molar-refractivity contribution in [2.75, 3.05) is 13.2 Å². The Morgan fingerprint density at radius 3 is 2.67 bits per heavy atom. The zero-order valence-electron chi connectivity index (χ0n) is 14.8. The number of aliphatic hydroxyl groups excluding tert-OH is 1. The minimum Gasteiger partial charge on any atom is -0.395 e. The van der Waals surface area contributed by atoms with Crippen molar-refractivity contribution in [2.24, 2.45) is 7.05 Å². The van der Waals surface area contributed by atoms with Crippen LogP contribution in [0.2, 0.25) is 0 Å². The molecule has 0 aliphatic rings. The lowest BCUT2D eigenvalue weighted by atomic mass is 10.0. The highest BCUT2D eigenvalue weighted by Gasteiger charge is 2.15. The van der Waals surface area contributed by atoms with Gasteiger partial charge >= 0.3 is 0 Å². The summed E-state index contributed by atoms with van der Waals surface area (Å²) in [5, 5.41) is 11.1. The molecule has 0 spiro atoms. The van der Waals surface area contributed by atoms with Gasteiger partial charge in [-0.05, 0) is 41.5 Å². The first kappa shape index (κ1) is 17.7. The SMILES string of the molecule is Cn1c2ccc(-c3cccc(S(=O)(=O)NCCO)c3)cc2c2ccncc21. The van der Waals surface area contributed by atoms with E-state index in [1.54, 1.807) is 24.4 Å². The van der Waals surface area contributed by atoms with Crippen molar-refractivity contribution in [1.82, 2.24) is 14.3 Å². The number of sulfonamides is 1. The van der Waals surface area contributed by atoms with Gasteiger partial charge in [0.2, 0.25) is 10.0 Å². The van der Waals surface area contributed by atoms with Crippen LogP contribution in [0.25, 0.3) is 32.9 Å². The molecule has 2 heterocycles. The van der Waals surface area contributed by atoms with Gasteiger partial charge in [-0.3, -0.25) is 4.98 Å². The van der Waals surface area contributed by atoms with Crippen molar-refractivity contribution < 1.29 is 13.5 Å². The van der Waals surface area contributed by atoms with E-state index < -0.39 is 10.0 Å². The maximum atomic E-state index is 12.3. The first-order chi connectivity index (χ1) is 13.0. The standard InChI is InChI=1S/C20H19N3O3S/c1-23-19-6-5-15(12-18(19)17-7-8-21-13-20(17)23)14-3-2-4-16(11-14)27(25,26)22-9-10-24/h2-8,11-13,22,24H,9-10H2,1H3. The third-order valence-electron chi connectivity index (χ3n) is 4.69. The van der Waals surface area contributed by atoms with Gasteiger partial charge in [-0.15, -0.1) is 0 Å². The number of aryl methyl sites for hydroxylation is 1. The lowest BCUT2D eigenvalue weighted by molar-refractivity contribution is 0.301. The van der Waals surface area contributed by atoms with Gasteiger partial charge in [0, 0.05) is 36.1 Å². The maximum absolute atomic E-state index is 12.3. The highest BCUT2D eigenvalue weighted by molar-refractivity contribution is 7.89. The summed E-state index contributed by atoms with van der Waals surface area (Å²) in [5.74, 6) is 0. The number of benzene rings is 2. The van der Waals surface area contributed by atoms with E-state index in [0.717, 1.165) is 32.9 Å². The Kier molecular flexibility index (Phi) is 4.43. The Morgan fingerprint density at radius 2 is 1.85 bits per heavy atom. The van der Waals surface area contributed by atoms with E-state index in [9.17, 15) is 8.42 Å². The summed E-state index contributed by atoms with van der Waals surface area (Å²) in [7, 11) is -1.64. The lowest BCUT2D eigenvalue weighted by Gasteiger charge is -2.08. The Bertz CT molecular complexity index is 1250. The van der Waals surface area contributed by atoms with Crippen LogP contribution in [0.5, 0.6) is 0 Å². The summed E-state index contributed by atoms with van der Waals surface area (Å²) < 4.78 is 29.1. The first-order valence-electron chi connectivity index (χ1n) is 8.54. The fraction of sp³-hybridized carbons (Fsp3) is 0.150. The van der Waals surface area contributed by atoms with E-state index in [4.69, 9.17) is 5.11 Å². The molecule has 0 saturated heterocycles. The number of hydrogen-bond acceptors (Lipinski definition) is 4. The number of aliphatic hydroxyl groups is 1. The molecule has 0 fully saturated rings. The topological polar surface area (TPSA) is 84.2 Å². The summed E-state index contributed by atoms with van der Waals surface area (Å²) in [5.41, 5.74) is 3.89. The van der Waals surface area contributed by atoms with Crippen LogP contribution in [0.4, 0.5) is 0 Å². The normalized spacial score (nSPS) is 12.1. The van der Waals surface area contributed by atoms with Crippen molar-refractivity contribution in [3.63, 3.8) is 0 Å². The second kappa shape index (κ2) is 6.77. The second-order valence-electron chi connectivity index (χ2n) is 6.33. The Labute approximate surface area is 157 Å². The molecule has 2 aromatic heterocycles. The molecular formula is C20H19N3O3S. The molecule has 0 atom stereocenters. The first-order valence-corrected chi connectivity index (χ1v) is 10.0. The molecule has 0 amide bonds. The molecule has 4 aromatic rings. The summed E-state index contributed by atoms with van der Waals surface area (Å²) >= 11 is 0. The van der Waals surface area contributed by atoms with E-state index in [1.807, 2.05) is 37.5 Å². The van der Waals surface area contributed by atoms with Gasteiger partial charge in [0.05, 0.1) is 23.2 Å². The summed E-state index contributed by atoms with van der Waals surface area (Å²) in [6.07, 6.45) is 3.61. The van der Waals surface area contributed by atoms with Crippen molar-refractivity contribution >= 4 is 31.8 Å². The van der Waals surface area contributed by atoms with Crippen molar-refractivity contribution in [1.29, 1.82) is 0 Å². The van der Waals surface area contributed by atoms with Crippen LogP contribution in [0.15, 0.2) is 65.8 Å². The summed E-state index contributed by atoms with van der Waals surface area (Å²) in [6, 6.07) is 14.9. The number of nitrogens with zero attached hydrogens (tertiary/aromatic N) is 2. The Morgan fingerprint density at radius 1 is 1.04 bits per heavy atom. The maximum Gasteiger partial charge on any atom is 0.240 e. The number of pyridine rings is 1. The average Bonchev–Trinajstić information content (AvgIpc) is 2.99. The van der Waals surface area contributed by atoms with Gasteiger partial charge in [0.15, 0.2) is 0 Å². The van der Waals surface area contributed by atoms with Crippen LogP contribution in [0.1, 0.15) is 0 Å². The lowest BCUT2D eigenvalue weighted by Crippen LogP contribution is -2.26. The molecule has 6 nitrogen and oxygen atoms in total. The van der Waals surface area contributed by atoms with Crippen LogP contribution in [-0.2, 0) is 17.1 Å². The molecular weight excluding hydrogens is 362 g/mol. The van der Waals surface area contributed by atoms with Crippen LogP contribution in [0.3, 0.4) is 0 Å². The molecule has 4 rings (SSSR count). The summed E-state index contributed by atoms with van der Waals surface area (Å²) in [4.78, 5) is 4.38. The molecule has 0 aliphatic carbocycles. The van der Waals surface area contributed by atoms with Crippen LogP contribution in [-0.4, -0.2) is 36.2 Å². The molecule has 0 unspecified atom stereocenters. The van der Waals surface area contributed by atoms with Gasteiger partial charge in [0.25, 0.3) is 0 Å². The fourth-order valence-corrected chi connectivity index (χ4v) is 4.41. The minimum absolute atomic E-state index is 0.0113. The average molecular weight is 381 g/mol. The smallest absolute Gasteiger partial charge is 0.240 e. The summed E-state index contributed by atoms with van der Waals surface area (Å²) in [6.45, 7) is -0.256. The predicted molar refractivity (Wildman–Crippen MR) is 106 cm³/mol. The molecule has 0 radical (unpaired) electrons. The zero-order valence-corrected chi connectivity index (χ0v) is 15.6.